The number of nitrogens with zero attached hydrogens (tertiary/aromatic N) is 1. The summed E-state index contributed by atoms with van der Waals surface area (Å²) in [5, 5.41) is 4.97. The molecule has 0 aliphatic carbocycles. The smallest absolute Gasteiger partial charge is 0.420 e. The van der Waals surface area contributed by atoms with Crippen LogP contribution < -0.4 is 15.7 Å². The Morgan fingerprint density at radius 2 is 1.30 bits per heavy atom. The third-order valence-electron chi connectivity index (χ3n) is 6.96. The Labute approximate surface area is 280 Å². The van der Waals surface area contributed by atoms with Crippen LogP contribution in [0.3, 0.4) is 0 Å². The largest absolute Gasteiger partial charge is 0.458 e. The molecule has 2 rings (SSSR count). The number of methoxy groups -OCH3 is 1. The number of imide groups is 1. The molecule has 11 heteroatoms. The van der Waals surface area contributed by atoms with Crippen molar-refractivity contribution in [3.8, 4) is 0 Å². The predicted octanol–water partition coefficient (Wildman–Crippen LogP) is 5.73. The Morgan fingerprint density at radius 1 is 0.787 bits per heavy atom. The van der Waals surface area contributed by atoms with Crippen LogP contribution in [0.5, 0.6) is 0 Å². The lowest BCUT2D eigenvalue weighted by molar-refractivity contribution is -0.160. The number of nitrogens with one attached hydrogen (secondary N) is 1. The second kappa shape index (κ2) is 16.7. The van der Waals surface area contributed by atoms with Gasteiger partial charge in [0.05, 0.1) is 13.7 Å². The minimum absolute atomic E-state index is 0.0238. The van der Waals surface area contributed by atoms with Crippen LogP contribution in [-0.2, 0) is 28.2 Å². The summed E-state index contributed by atoms with van der Waals surface area (Å²) in [4.78, 5) is 52.1. The van der Waals surface area contributed by atoms with Gasteiger partial charge in [-0.2, -0.15) is 4.90 Å². The predicted molar refractivity (Wildman–Crippen MR) is 185 cm³/mol. The first-order valence-corrected chi connectivity index (χ1v) is 17.8. The summed E-state index contributed by atoms with van der Waals surface area (Å²) in [6.45, 7) is 17.1. The summed E-state index contributed by atoms with van der Waals surface area (Å²) in [5.41, 5.74) is -1.81. The minimum Gasteiger partial charge on any atom is -0.458 e. The van der Waals surface area contributed by atoms with Gasteiger partial charge in [-0.25, -0.2) is 14.4 Å². The van der Waals surface area contributed by atoms with Crippen LogP contribution in [0, 0.1) is 0 Å². The van der Waals surface area contributed by atoms with Gasteiger partial charge in [-0.05, 0) is 75.9 Å². The van der Waals surface area contributed by atoms with E-state index in [1.807, 2.05) is 36.4 Å². The van der Waals surface area contributed by atoms with Gasteiger partial charge in [0, 0.05) is 6.54 Å². The van der Waals surface area contributed by atoms with E-state index in [0.717, 1.165) is 17.5 Å². The summed E-state index contributed by atoms with van der Waals surface area (Å²) in [5.74, 6) is -1.14. The fourth-order valence-electron chi connectivity index (χ4n) is 5.10. The second-order valence-electron chi connectivity index (χ2n) is 14.2. The van der Waals surface area contributed by atoms with E-state index in [0.29, 0.717) is 11.5 Å². The number of ether oxygens (including phenoxy) is 3. The topological polar surface area (TPSA) is 120 Å². The molecule has 3 amide bonds. The average Bonchev–Trinajstić information content (AvgIpc) is 2.96. The standard InChI is InChI=1S/C36H52N2O8Si/c1-34(2,3)45-31(40)29(38(32(41)43-10)33(42)46-35(4,5)6)23-17-18-24-30(39)37-25-26-44-47(36(7,8)9,27-19-13-11-14-20-27)28-21-15-12-16-22-28/h11-16,18-22,24,29H,17,23,25-26H2,1-10H3,(H,37,39)/b24-18+/t29-/m0/s1. The van der Waals surface area contributed by atoms with Crippen molar-refractivity contribution < 1.29 is 37.8 Å². The lowest BCUT2D eigenvalue weighted by atomic mass is 10.1. The summed E-state index contributed by atoms with van der Waals surface area (Å²) >= 11 is 0. The molecule has 0 aliphatic rings. The van der Waals surface area contributed by atoms with E-state index in [9.17, 15) is 19.2 Å². The lowest BCUT2D eigenvalue weighted by Gasteiger charge is -2.43. The number of carbonyl (C=O) groups excluding carboxylic acids is 4. The Balaban J connectivity index is 2.14. The van der Waals surface area contributed by atoms with Gasteiger partial charge in [-0.3, -0.25) is 4.79 Å². The summed E-state index contributed by atoms with van der Waals surface area (Å²) in [6, 6.07) is 19.2. The van der Waals surface area contributed by atoms with Crippen molar-refractivity contribution >= 4 is 42.8 Å². The SMILES string of the molecule is COC(=O)N(C(=O)OC(C)(C)C)[C@@H](CC/C=C/C(=O)NCCO[Si](c1ccccc1)(c1ccccc1)C(C)(C)C)C(=O)OC(C)(C)C. The molecule has 10 nitrogen and oxygen atoms in total. The fourth-order valence-corrected chi connectivity index (χ4v) is 9.67. The maximum atomic E-state index is 13.2. The first-order chi connectivity index (χ1) is 21.8. The summed E-state index contributed by atoms with van der Waals surface area (Å²) in [7, 11) is -1.63. The molecule has 0 saturated carbocycles. The molecular weight excluding hydrogens is 616 g/mol. The summed E-state index contributed by atoms with van der Waals surface area (Å²) < 4.78 is 22.5. The molecule has 1 atom stereocenters. The number of carbonyl (C=O) groups is 4. The number of amides is 3. The van der Waals surface area contributed by atoms with Crippen LogP contribution in [-0.4, -0.2) is 74.8 Å². The Bertz CT molecular complexity index is 1320. The van der Waals surface area contributed by atoms with Crippen LogP contribution >= 0.6 is 0 Å². The number of rotatable bonds is 12. The molecule has 0 heterocycles. The quantitative estimate of drug-likeness (QED) is 0.100. The number of hydrogen-bond acceptors (Lipinski definition) is 8. The zero-order valence-corrected chi connectivity index (χ0v) is 30.5. The van der Waals surface area contributed by atoms with Gasteiger partial charge in [0.25, 0.3) is 8.32 Å². The van der Waals surface area contributed by atoms with Crippen molar-refractivity contribution in [1.82, 2.24) is 10.2 Å². The highest BCUT2D eigenvalue weighted by Gasteiger charge is 2.50. The number of esters is 1. The van der Waals surface area contributed by atoms with Gasteiger partial charge < -0.3 is 24.0 Å². The molecule has 0 aliphatic heterocycles. The van der Waals surface area contributed by atoms with Gasteiger partial charge in [0.1, 0.15) is 17.2 Å². The van der Waals surface area contributed by atoms with E-state index in [2.05, 4.69) is 50.4 Å². The molecular formula is C36H52N2O8Si. The molecule has 1 N–H and O–H groups in total. The van der Waals surface area contributed by atoms with Crippen LogP contribution in [0.15, 0.2) is 72.8 Å². The van der Waals surface area contributed by atoms with E-state index < -0.39 is 43.7 Å². The average molecular weight is 669 g/mol. The third-order valence-corrected chi connectivity index (χ3v) is 12.0. The van der Waals surface area contributed by atoms with E-state index in [4.69, 9.17) is 18.6 Å². The van der Waals surface area contributed by atoms with Gasteiger partial charge in [-0.1, -0.05) is 87.5 Å². The Kier molecular flexibility index (Phi) is 14.0. The molecule has 258 valence electrons. The Hall–Kier alpha value is -3.96. The van der Waals surface area contributed by atoms with E-state index in [1.165, 1.54) is 6.08 Å². The van der Waals surface area contributed by atoms with Crippen molar-refractivity contribution in [2.75, 3.05) is 20.3 Å². The zero-order chi connectivity index (χ0) is 35.5. The molecule has 0 radical (unpaired) electrons. The zero-order valence-electron chi connectivity index (χ0n) is 29.5. The highest BCUT2D eigenvalue weighted by Crippen LogP contribution is 2.36. The number of benzene rings is 2. The van der Waals surface area contributed by atoms with Gasteiger partial charge in [0.15, 0.2) is 0 Å². The molecule has 0 bridgehead atoms. The van der Waals surface area contributed by atoms with Crippen LogP contribution in [0.25, 0.3) is 0 Å². The maximum Gasteiger partial charge on any atom is 0.420 e. The molecule has 0 spiro atoms. The van der Waals surface area contributed by atoms with Crippen molar-refractivity contribution in [3.05, 3.63) is 72.8 Å². The first-order valence-electron chi connectivity index (χ1n) is 15.8. The van der Waals surface area contributed by atoms with Crippen LogP contribution in [0.1, 0.15) is 75.2 Å². The maximum absolute atomic E-state index is 13.2. The highest BCUT2D eigenvalue weighted by atomic mass is 28.4. The van der Waals surface area contributed by atoms with E-state index in [1.54, 1.807) is 47.6 Å². The highest BCUT2D eigenvalue weighted by molar-refractivity contribution is 6.99. The van der Waals surface area contributed by atoms with Crippen LogP contribution in [0.4, 0.5) is 9.59 Å². The monoisotopic (exact) mass is 668 g/mol. The minimum atomic E-state index is -2.73. The number of hydrogen-bond donors (Lipinski definition) is 1. The van der Waals surface area contributed by atoms with Crippen molar-refractivity contribution in [2.24, 2.45) is 0 Å². The third kappa shape index (κ3) is 11.7. The van der Waals surface area contributed by atoms with Crippen molar-refractivity contribution in [3.63, 3.8) is 0 Å². The molecule has 47 heavy (non-hydrogen) atoms. The van der Waals surface area contributed by atoms with Gasteiger partial charge in [0.2, 0.25) is 5.91 Å². The Morgan fingerprint density at radius 3 is 1.74 bits per heavy atom. The van der Waals surface area contributed by atoms with E-state index in [-0.39, 0.29) is 30.3 Å². The summed E-state index contributed by atoms with van der Waals surface area (Å²) in [6.07, 6.45) is 0.974. The lowest BCUT2D eigenvalue weighted by Crippen LogP contribution is -2.67. The van der Waals surface area contributed by atoms with Crippen molar-refractivity contribution in [1.29, 1.82) is 0 Å². The normalized spacial score (nSPS) is 13.1. The molecule has 0 unspecified atom stereocenters. The van der Waals surface area contributed by atoms with E-state index >= 15 is 0 Å². The first kappa shape index (κ1) is 39.2. The van der Waals surface area contributed by atoms with Crippen molar-refractivity contribution in [2.45, 2.75) is 97.4 Å². The van der Waals surface area contributed by atoms with Gasteiger partial charge in [-0.15, -0.1) is 0 Å². The molecule has 0 fully saturated rings. The molecule has 0 saturated heterocycles. The molecule has 2 aromatic rings. The fraction of sp³-hybridized carbons (Fsp3) is 0.500. The van der Waals surface area contributed by atoms with Crippen LogP contribution in [0.2, 0.25) is 5.04 Å². The molecule has 0 aromatic heterocycles. The van der Waals surface area contributed by atoms with Gasteiger partial charge >= 0.3 is 18.2 Å². The molecule has 2 aromatic carbocycles. The number of allylic oxidation sites excluding steroid dienone is 1. The second-order valence-corrected chi connectivity index (χ2v) is 18.5.